The van der Waals surface area contributed by atoms with Gasteiger partial charge in [-0.05, 0) is 36.5 Å². The Kier molecular flexibility index (Phi) is 6.34. The summed E-state index contributed by atoms with van der Waals surface area (Å²) >= 11 is 0. The van der Waals surface area contributed by atoms with Crippen molar-refractivity contribution in [3.05, 3.63) is 29.8 Å². The summed E-state index contributed by atoms with van der Waals surface area (Å²) in [6.45, 7) is 3.51. The number of benzene rings is 1. The van der Waals surface area contributed by atoms with Gasteiger partial charge in [-0.3, -0.25) is 4.99 Å². The van der Waals surface area contributed by atoms with Crippen LogP contribution in [0.5, 0.6) is 5.75 Å². The first-order valence-corrected chi connectivity index (χ1v) is 8.11. The van der Waals surface area contributed by atoms with Crippen molar-refractivity contribution in [1.82, 2.24) is 10.2 Å². The molecule has 1 aliphatic heterocycles. The average molecular weight is 343 g/mol. The monoisotopic (exact) mass is 343 g/mol. The van der Waals surface area contributed by atoms with Gasteiger partial charge in [0.1, 0.15) is 5.75 Å². The van der Waals surface area contributed by atoms with Gasteiger partial charge >= 0.3 is 6.18 Å². The molecule has 0 spiro atoms. The van der Waals surface area contributed by atoms with E-state index in [1.54, 1.807) is 31.3 Å². The molecule has 1 aromatic carbocycles. The molecule has 1 saturated heterocycles. The SMILES string of the molecule is CN=C(NCc1ccc(OCC(F)(F)F)cc1)N1CCCC(C)C1. The molecular formula is C17H24F3N3O. The molecule has 1 N–H and O–H groups in total. The number of nitrogens with one attached hydrogen (secondary N) is 1. The molecule has 1 fully saturated rings. The Balaban J connectivity index is 1.84. The second-order valence-corrected chi connectivity index (χ2v) is 6.14. The van der Waals surface area contributed by atoms with Gasteiger partial charge in [0.25, 0.3) is 0 Å². The van der Waals surface area contributed by atoms with Crippen LogP contribution < -0.4 is 10.1 Å². The average Bonchev–Trinajstić information content (AvgIpc) is 2.54. The quantitative estimate of drug-likeness (QED) is 0.672. The van der Waals surface area contributed by atoms with Gasteiger partial charge in [-0.15, -0.1) is 0 Å². The number of guanidine groups is 1. The summed E-state index contributed by atoms with van der Waals surface area (Å²) in [6.07, 6.45) is -1.92. The number of piperidine rings is 1. The second-order valence-electron chi connectivity index (χ2n) is 6.14. The molecule has 1 heterocycles. The number of likely N-dealkylation sites (tertiary alicyclic amines) is 1. The molecule has 134 valence electrons. The predicted octanol–water partition coefficient (Wildman–Crippen LogP) is 3.44. The fraction of sp³-hybridized carbons (Fsp3) is 0.588. The van der Waals surface area contributed by atoms with E-state index in [4.69, 9.17) is 4.74 Å². The highest BCUT2D eigenvalue weighted by Gasteiger charge is 2.28. The van der Waals surface area contributed by atoms with E-state index in [2.05, 4.69) is 22.1 Å². The van der Waals surface area contributed by atoms with E-state index >= 15 is 0 Å². The van der Waals surface area contributed by atoms with Crippen molar-refractivity contribution in [2.24, 2.45) is 10.9 Å². The van der Waals surface area contributed by atoms with E-state index < -0.39 is 12.8 Å². The maximum absolute atomic E-state index is 12.1. The number of aliphatic imine (C=N–C) groups is 1. The van der Waals surface area contributed by atoms with Crippen molar-refractivity contribution in [2.45, 2.75) is 32.5 Å². The van der Waals surface area contributed by atoms with Crippen LogP contribution in [0, 0.1) is 5.92 Å². The van der Waals surface area contributed by atoms with E-state index in [0.717, 1.165) is 31.0 Å². The summed E-state index contributed by atoms with van der Waals surface area (Å²) in [6, 6.07) is 6.61. The van der Waals surface area contributed by atoms with E-state index in [1.165, 1.54) is 6.42 Å². The molecule has 1 aromatic rings. The van der Waals surface area contributed by atoms with E-state index in [1.807, 2.05) is 0 Å². The summed E-state index contributed by atoms with van der Waals surface area (Å²) in [5, 5.41) is 3.31. The van der Waals surface area contributed by atoms with E-state index in [-0.39, 0.29) is 5.75 Å². The maximum atomic E-state index is 12.1. The molecule has 7 heteroatoms. The molecule has 2 rings (SSSR count). The third kappa shape index (κ3) is 5.94. The lowest BCUT2D eigenvalue weighted by Gasteiger charge is -2.33. The van der Waals surface area contributed by atoms with Crippen LogP contribution in [0.1, 0.15) is 25.3 Å². The van der Waals surface area contributed by atoms with E-state index in [0.29, 0.717) is 12.5 Å². The minimum atomic E-state index is -4.32. The number of nitrogens with zero attached hydrogens (tertiary/aromatic N) is 2. The van der Waals surface area contributed by atoms with Crippen molar-refractivity contribution in [2.75, 3.05) is 26.7 Å². The van der Waals surface area contributed by atoms with Gasteiger partial charge in [0, 0.05) is 26.7 Å². The third-order valence-electron chi connectivity index (χ3n) is 3.94. The van der Waals surface area contributed by atoms with Gasteiger partial charge in [-0.1, -0.05) is 19.1 Å². The van der Waals surface area contributed by atoms with Crippen molar-refractivity contribution < 1.29 is 17.9 Å². The van der Waals surface area contributed by atoms with Crippen LogP contribution in [-0.2, 0) is 6.54 Å². The Morgan fingerprint density at radius 3 is 2.62 bits per heavy atom. The lowest BCUT2D eigenvalue weighted by molar-refractivity contribution is -0.153. The zero-order valence-corrected chi connectivity index (χ0v) is 14.1. The van der Waals surface area contributed by atoms with Crippen LogP contribution in [0.4, 0.5) is 13.2 Å². The largest absolute Gasteiger partial charge is 0.484 e. The number of hydrogen-bond acceptors (Lipinski definition) is 2. The standard InChI is InChI=1S/C17H24F3N3O/c1-13-4-3-9-23(11-13)16(21-2)22-10-14-5-7-15(8-6-14)24-12-17(18,19)20/h5-8,13H,3-4,9-12H2,1-2H3,(H,21,22). The van der Waals surface area contributed by atoms with Gasteiger partial charge in [-0.2, -0.15) is 13.2 Å². The lowest BCUT2D eigenvalue weighted by atomic mass is 10.0. The van der Waals surface area contributed by atoms with Crippen LogP contribution >= 0.6 is 0 Å². The summed E-state index contributed by atoms with van der Waals surface area (Å²) in [7, 11) is 1.76. The number of ether oxygens (including phenoxy) is 1. The van der Waals surface area contributed by atoms with Crippen LogP contribution in [0.25, 0.3) is 0 Å². The lowest BCUT2D eigenvalue weighted by Crippen LogP contribution is -2.45. The fourth-order valence-electron chi connectivity index (χ4n) is 2.76. The van der Waals surface area contributed by atoms with Gasteiger partial charge in [0.2, 0.25) is 0 Å². The number of rotatable bonds is 4. The van der Waals surface area contributed by atoms with Gasteiger partial charge < -0.3 is 15.0 Å². The summed E-state index contributed by atoms with van der Waals surface area (Å²) in [5.41, 5.74) is 0.959. The van der Waals surface area contributed by atoms with Crippen molar-refractivity contribution >= 4 is 5.96 Å². The molecule has 4 nitrogen and oxygen atoms in total. The molecule has 0 amide bonds. The van der Waals surface area contributed by atoms with Crippen LogP contribution in [-0.4, -0.2) is 43.8 Å². The smallest absolute Gasteiger partial charge is 0.422 e. The van der Waals surface area contributed by atoms with Crippen LogP contribution in [0.3, 0.4) is 0 Å². The highest BCUT2D eigenvalue weighted by molar-refractivity contribution is 5.80. The molecule has 0 radical (unpaired) electrons. The van der Waals surface area contributed by atoms with E-state index in [9.17, 15) is 13.2 Å². The minimum Gasteiger partial charge on any atom is -0.484 e. The van der Waals surface area contributed by atoms with Gasteiger partial charge in [0.15, 0.2) is 12.6 Å². The molecule has 24 heavy (non-hydrogen) atoms. The Morgan fingerprint density at radius 1 is 1.33 bits per heavy atom. The molecule has 0 aliphatic carbocycles. The Hall–Kier alpha value is -1.92. The number of halogens is 3. The number of alkyl halides is 3. The molecule has 0 aromatic heterocycles. The first-order valence-electron chi connectivity index (χ1n) is 8.11. The van der Waals surface area contributed by atoms with Crippen molar-refractivity contribution in [1.29, 1.82) is 0 Å². The van der Waals surface area contributed by atoms with Crippen molar-refractivity contribution in [3.63, 3.8) is 0 Å². The molecule has 1 aliphatic rings. The zero-order valence-electron chi connectivity index (χ0n) is 14.1. The highest BCUT2D eigenvalue weighted by Crippen LogP contribution is 2.19. The second kappa shape index (κ2) is 8.26. The Bertz CT molecular complexity index is 543. The normalized spacial score (nSPS) is 19.3. The van der Waals surface area contributed by atoms with Gasteiger partial charge in [0.05, 0.1) is 0 Å². The zero-order chi connectivity index (χ0) is 17.6. The van der Waals surface area contributed by atoms with Gasteiger partial charge in [-0.25, -0.2) is 0 Å². The van der Waals surface area contributed by atoms with Crippen molar-refractivity contribution in [3.8, 4) is 5.75 Å². The van der Waals surface area contributed by atoms with Crippen LogP contribution in [0.2, 0.25) is 0 Å². The first-order chi connectivity index (χ1) is 11.4. The summed E-state index contributed by atoms with van der Waals surface area (Å²) in [5.74, 6) is 1.73. The Labute approximate surface area is 140 Å². The molecule has 0 saturated carbocycles. The predicted molar refractivity (Wildman–Crippen MR) is 88.2 cm³/mol. The minimum absolute atomic E-state index is 0.213. The van der Waals surface area contributed by atoms with Crippen LogP contribution in [0.15, 0.2) is 29.3 Å². The Morgan fingerprint density at radius 2 is 2.04 bits per heavy atom. The molecule has 1 atom stereocenters. The molecule has 0 bridgehead atoms. The fourth-order valence-corrected chi connectivity index (χ4v) is 2.76. The summed E-state index contributed by atoms with van der Waals surface area (Å²) in [4.78, 5) is 6.56. The highest BCUT2D eigenvalue weighted by atomic mass is 19.4. The topological polar surface area (TPSA) is 36.9 Å². The molecular weight excluding hydrogens is 319 g/mol. The maximum Gasteiger partial charge on any atom is 0.422 e. The summed E-state index contributed by atoms with van der Waals surface area (Å²) < 4.78 is 41.1. The first kappa shape index (κ1) is 18.4. The number of hydrogen-bond donors (Lipinski definition) is 1. The third-order valence-corrected chi connectivity index (χ3v) is 3.94. The molecule has 1 unspecified atom stereocenters.